The van der Waals surface area contributed by atoms with E-state index in [4.69, 9.17) is 4.74 Å². The molecule has 1 aliphatic heterocycles. The largest absolute Gasteiger partial charge is 0.457 e. The van der Waals surface area contributed by atoms with Crippen molar-refractivity contribution in [1.82, 2.24) is 9.62 Å². The van der Waals surface area contributed by atoms with Crippen molar-refractivity contribution < 1.29 is 31.1 Å². The van der Waals surface area contributed by atoms with Crippen LogP contribution in [-0.4, -0.2) is 38.6 Å². The highest BCUT2D eigenvalue weighted by atomic mass is 32.2. The molecule has 0 saturated carbocycles. The van der Waals surface area contributed by atoms with Gasteiger partial charge in [-0.15, -0.1) is 0 Å². The number of amides is 1. The summed E-state index contributed by atoms with van der Waals surface area (Å²) in [5.41, 5.74) is 1.12. The van der Waals surface area contributed by atoms with Crippen molar-refractivity contribution in [2.75, 3.05) is 19.3 Å². The number of benzene rings is 2. The van der Waals surface area contributed by atoms with Gasteiger partial charge in [0.15, 0.2) is 0 Å². The van der Waals surface area contributed by atoms with Gasteiger partial charge in [-0.3, -0.25) is 4.79 Å². The van der Waals surface area contributed by atoms with Crippen LogP contribution in [0.4, 0.5) is 13.2 Å². The molecule has 1 N–H and O–H groups in total. The normalized spacial score (nSPS) is 14.4. The predicted molar refractivity (Wildman–Crippen MR) is 99.9 cm³/mol. The number of halogens is 3. The van der Waals surface area contributed by atoms with E-state index in [9.17, 15) is 26.4 Å². The van der Waals surface area contributed by atoms with Gasteiger partial charge in [0, 0.05) is 13.1 Å². The molecular weight excluding hydrogens is 409 g/mol. The Morgan fingerprint density at radius 3 is 2.38 bits per heavy atom. The van der Waals surface area contributed by atoms with Crippen LogP contribution in [-0.2, 0) is 34.0 Å². The van der Waals surface area contributed by atoms with E-state index in [1.165, 1.54) is 12.1 Å². The highest BCUT2D eigenvalue weighted by Gasteiger charge is 2.30. The van der Waals surface area contributed by atoms with Crippen LogP contribution in [0.25, 0.3) is 0 Å². The van der Waals surface area contributed by atoms with Gasteiger partial charge in [-0.05, 0) is 53.9 Å². The van der Waals surface area contributed by atoms with Gasteiger partial charge in [0.05, 0.1) is 18.4 Å². The zero-order valence-electron chi connectivity index (χ0n) is 15.5. The zero-order chi connectivity index (χ0) is 21.2. The third-order valence-corrected chi connectivity index (χ3v) is 5.11. The molecule has 10 heteroatoms. The molecule has 2 aromatic carbocycles. The molecule has 3 rings (SSSR count). The fraction of sp³-hybridized carbons (Fsp3) is 0.316. The van der Waals surface area contributed by atoms with Crippen LogP contribution in [0.2, 0.25) is 0 Å². The number of nitrogens with zero attached hydrogens (tertiary/aromatic N) is 1. The Kier molecular flexibility index (Phi) is 5.85. The summed E-state index contributed by atoms with van der Waals surface area (Å²) in [6.45, 7) is 0.454. The van der Waals surface area contributed by atoms with E-state index >= 15 is 0 Å². The van der Waals surface area contributed by atoms with Gasteiger partial charge in [-0.2, -0.15) is 13.2 Å². The lowest BCUT2D eigenvalue weighted by molar-refractivity contribution is -0.137. The number of sulfonamides is 1. The summed E-state index contributed by atoms with van der Waals surface area (Å²) in [4.78, 5) is 13.8. The molecule has 0 radical (unpaired) electrons. The quantitative estimate of drug-likeness (QED) is 0.795. The van der Waals surface area contributed by atoms with E-state index < -0.39 is 21.8 Å². The van der Waals surface area contributed by atoms with E-state index in [1.807, 2.05) is 6.07 Å². The molecule has 0 saturated heterocycles. The SMILES string of the molecule is CS(=O)(=O)NCC(=O)N1CCc2ccc(Oc3ccc(C(F)(F)F)cc3)cc2C1. The maximum atomic E-state index is 12.6. The number of nitrogens with one attached hydrogen (secondary N) is 1. The van der Waals surface area contributed by atoms with Gasteiger partial charge < -0.3 is 9.64 Å². The summed E-state index contributed by atoms with van der Waals surface area (Å²) < 4.78 is 68.1. The maximum Gasteiger partial charge on any atom is 0.416 e. The van der Waals surface area contributed by atoms with Gasteiger partial charge >= 0.3 is 6.18 Å². The lowest BCUT2D eigenvalue weighted by atomic mass is 9.99. The Morgan fingerprint density at radius 1 is 1.10 bits per heavy atom. The standard InChI is InChI=1S/C19H19F3N2O4S/c1-29(26,27)23-11-18(25)24-9-8-13-2-5-17(10-14(13)12-24)28-16-6-3-15(4-7-16)19(20,21)22/h2-7,10,23H,8-9,11-12H2,1H3. The number of hydrogen-bond donors (Lipinski definition) is 1. The van der Waals surface area contributed by atoms with Gasteiger partial charge in [0.25, 0.3) is 0 Å². The molecule has 0 spiro atoms. The minimum absolute atomic E-state index is 0.263. The van der Waals surface area contributed by atoms with Gasteiger partial charge in [0.2, 0.25) is 15.9 Å². The monoisotopic (exact) mass is 428 g/mol. The first-order valence-corrected chi connectivity index (χ1v) is 10.6. The number of ether oxygens (including phenoxy) is 1. The van der Waals surface area contributed by atoms with Crippen LogP contribution >= 0.6 is 0 Å². The Balaban J connectivity index is 1.68. The second-order valence-corrected chi connectivity index (χ2v) is 8.55. The zero-order valence-corrected chi connectivity index (χ0v) is 16.3. The Labute approximate surface area is 166 Å². The lowest BCUT2D eigenvalue weighted by Crippen LogP contribution is -2.42. The fourth-order valence-corrected chi connectivity index (χ4v) is 3.35. The molecule has 6 nitrogen and oxygen atoms in total. The minimum Gasteiger partial charge on any atom is -0.457 e. The minimum atomic E-state index is -4.41. The Hall–Kier alpha value is -2.59. The lowest BCUT2D eigenvalue weighted by Gasteiger charge is -2.29. The van der Waals surface area contributed by atoms with E-state index in [0.717, 1.165) is 29.5 Å². The highest BCUT2D eigenvalue weighted by Crippen LogP contribution is 2.32. The second-order valence-electron chi connectivity index (χ2n) is 6.71. The van der Waals surface area contributed by atoms with E-state index in [1.54, 1.807) is 17.0 Å². The topological polar surface area (TPSA) is 75.7 Å². The van der Waals surface area contributed by atoms with Crippen LogP contribution in [0.15, 0.2) is 42.5 Å². The van der Waals surface area contributed by atoms with E-state index in [0.29, 0.717) is 25.3 Å². The Morgan fingerprint density at radius 2 is 1.76 bits per heavy atom. The molecule has 0 atom stereocenters. The van der Waals surface area contributed by atoms with Crippen molar-refractivity contribution in [3.8, 4) is 11.5 Å². The molecule has 156 valence electrons. The number of carbonyl (C=O) groups excluding carboxylic acids is 1. The molecule has 2 aromatic rings. The summed E-state index contributed by atoms with van der Waals surface area (Å²) in [6.07, 6.45) is -2.82. The second kappa shape index (κ2) is 8.03. The van der Waals surface area contributed by atoms with Crippen molar-refractivity contribution in [3.05, 3.63) is 59.2 Å². The van der Waals surface area contributed by atoms with Crippen molar-refractivity contribution in [2.45, 2.75) is 19.1 Å². The molecule has 0 bridgehead atoms. The summed E-state index contributed by atoms with van der Waals surface area (Å²) in [6, 6.07) is 9.69. The van der Waals surface area contributed by atoms with Crippen LogP contribution in [0.3, 0.4) is 0 Å². The van der Waals surface area contributed by atoms with Crippen molar-refractivity contribution >= 4 is 15.9 Å². The number of fused-ring (bicyclic) bond motifs is 1. The molecule has 1 amide bonds. The highest BCUT2D eigenvalue weighted by molar-refractivity contribution is 7.88. The number of carbonyl (C=O) groups is 1. The molecule has 0 unspecified atom stereocenters. The van der Waals surface area contributed by atoms with Crippen molar-refractivity contribution in [3.63, 3.8) is 0 Å². The Bertz CT molecular complexity index is 1010. The average Bonchev–Trinajstić information content (AvgIpc) is 2.64. The third kappa shape index (κ3) is 5.70. The summed E-state index contributed by atoms with van der Waals surface area (Å²) in [5.74, 6) is 0.362. The molecule has 0 fully saturated rings. The van der Waals surface area contributed by atoms with Crippen LogP contribution in [0.5, 0.6) is 11.5 Å². The molecule has 0 aliphatic carbocycles. The smallest absolute Gasteiger partial charge is 0.416 e. The molecular formula is C19H19F3N2O4S. The summed E-state index contributed by atoms with van der Waals surface area (Å²) >= 11 is 0. The average molecular weight is 428 g/mol. The molecule has 0 aromatic heterocycles. The first kappa shape index (κ1) is 21.1. The molecule has 29 heavy (non-hydrogen) atoms. The van der Waals surface area contributed by atoms with Gasteiger partial charge in [0.1, 0.15) is 11.5 Å². The predicted octanol–water partition coefficient (Wildman–Crippen LogP) is 2.93. The first-order valence-electron chi connectivity index (χ1n) is 8.70. The van der Waals surface area contributed by atoms with Gasteiger partial charge in [-0.1, -0.05) is 6.07 Å². The van der Waals surface area contributed by atoms with Gasteiger partial charge in [-0.25, -0.2) is 13.1 Å². The van der Waals surface area contributed by atoms with Crippen LogP contribution in [0.1, 0.15) is 16.7 Å². The fourth-order valence-electron chi connectivity index (χ4n) is 2.96. The van der Waals surface area contributed by atoms with E-state index in [-0.39, 0.29) is 18.2 Å². The first-order chi connectivity index (χ1) is 13.5. The maximum absolute atomic E-state index is 12.6. The van der Waals surface area contributed by atoms with Crippen molar-refractivity contribution in [1.29, 1.82) is 0 Å². The number of rotatable bonds is 5. The third-order valence-electron chi connectivity index (χ3n) is 4.45. The number of alkyl halides is 3. The summed E-state index contributed by atoms with van der Waals surface area (Å²) in [7, 11) is -3.46. The summed E-state index contributed by atoms with van der Waals surface area (Å²) in [5, 5.41) is 0. The molecule has 1 aliphatic rings. The molecule has 1 heterocycles. The van der Waals surface area contributed by atoms with Crippen molar-refractivity contribution in [2.24, 2.45) is 0 Å². The van der Waals surface area contributed by atoms with E-state index in [2.05, 4.69) is 4.72 Å². The van der Waals surface area contributed by atoms with Crippen LogP contribution < -0.4 is 9.46 Å². The number of hydrogen-bond acceptors (Lipinski definition) is 4. The van der Waals surface area contributed by atoms with Crippen LogP contribution in [0, 0.1) is 0 Å².